The van der Waals surface area contributed by atoms with E-state index in [-0.39, 0.29) is 5.82 Å². The lowest BCUT2D eigenvalue weighted by atomic mass is 10.1. The van der Waals surface area contributed by atoms with Crippen molar-refractivity contribution in [3.05, 3.63) is 52.6 Å². The highest BCUT2D eigenvalue weighted by molar-refractivity contribution is 9.10. The quantitative estimate of drug-likeness (QED) is 0.696. The minimum absolute atomic E-state index is 0.304. The van der Waals surface area contributed by atoms with Crippen molar-refractivity contribution in [1.29, 1.82) is 0 Å². The van der Waals surface area contributed by atoms with Crippen molar-refractivity contribution in [3.8, 4) is 11.6 Å². The summed E-state index contributed by atoms with van der Waals surface area (Å²) in [6, 6.07) is 6.20. The summed E-state index contributed by atoms with van der Waals surface area (Å²) in [5.41, 5.74) is 1.70. The Morgan fingerprint density at radius 2 is 2.10 bits per heavy atom. The monoisotopic (exact) mass is 349 g/mol. The number of hydrogen-bond donors (Lipinski definition) is 0. The lowest BCUT2D eigenvalue weighted by molar-refractivity contribution is 0.457. The maximum Gasteiger partial charge on any atom is 0.245 e. The Hall–Kier alpha value is -1.95. The number of ether oxygens (including phenoxy) is 1. The highest BCUT2D eigenvalue weighted by atomic mass is 79.9. The van der Waals surface area contributed by atoms with Crippen molar-refractivity contribution in [2.24, 2.45) is 0 Å². The number of aromatic nitrogens is 3. The van der Waals surface area contributed by atoms with E-state index in [1.165, 1.54) is 12.1 Å². The van der Waals surface area contributed by atoms with Gasteiger partial charge in [0.05, 0.1) is 10.2 Å². The molecule has 2 aromatic heterocycles. The second-order valence-corrected chi connectivity index (χ2v) is 5.82. The largest absolute Gasteiger partial charge is 0.436 e. The van der Waals surface area contributed by atoms with Crippen LogP contribution >= 0.6 is 15.9 Å². The molecule has 0 spiro atoms. The second kappa shape index (κ2) is 5.44. The van der Waals surface area contributed by atoms with Gasteiger partial charge in [-0.05, 0) is 40.0 Å². The first kappa shape index (κ1) is 14.0. The van der Waals surface area contributed by atoms with Crippen LogP contribution in [0.4, 0.5) is 4.39 Å². The van der Waals surface area contributed by atoms with Gasteiger partial charge in [-0.3, -0.25) is 0 Å². The fraction of sp³-hybridized carbons (Fsp3) is 0.200. The molecule has 0 unspecified atom stereocenters. The molecule has 1 aromatic carbocycles. The van der Waals surface area contributed by atoms with Gasteiger partial charge in [-0.15, -0.1) is 0 Å². The van der Waals surface area contributed by atoms with Gasteiger partial charge in [0.25, 0.3) is 0 Å². The van der Waals surface area contributed by atoms with Gasteiger partial charge >= 0.3 is 0 Å². The van der Waals surface area contributed by atoms with E-state index in [9.17, 15) is 4.39 Å². The molecule has 0 saturated carbocycles. The Morgan fingerprint density at radius 1 is 1.29 bits per heavy atom. The number of rotatable bonds is 3. The van der Waals surface area contributed by atoms with Crippen molar-refractivity contribution in [2.75, 3.05) is 0 Å². The maximum absolute atomic E-state index is 13.3. The van der Waals surface area contributed by atoms with Gasteiger partial charge in [0.1, 0.15) is 17.1 Å². The van der Waals surface area contributed by atoms with Gasteiger partial charge in [-0.1, -0.05) is 13.8 Å². The summed E-state index contributed by atoms with van der Waals surface area (Å²) in [7, 11) is 0. The molecule has 0 aliphatic rings. The summed E-state index contributed by atoms with van der Waals surface area (Å²) in [6.45, 7) is 4.14. The van der Waals surface area contributed by atoms with Crippen LogP contribution in [0.1, 0.15) is 25.5 Å². The second-order valence-electron chi connectivity index (χ2n) is 4.96. The first-order valence-corrected chi connectivity index (χ1v) is 7.31. The Morgan fingerprint density at radius 3 is 2.86 bits per heavy atom. The van der Waals surface area contributed by atoms with Crippen LogP contribution in [0.5, 0.6) is 11.6 Å². The molecule has 21 heavy (non-hydrogen) atoms. The molecule has 0 aliphatic heterocycles. The van der Waals surface area contributed by atoms with E-state index in [1.54, 1.807) is 23.0 Å². The van der Waals surface area contributed by atoms with Gasteiger partial charge in [-0.2, -0.15) is 5.10 Å². The van der Waals surface area contributed by atoms with Crippen LogP contribution in [-0.2, 0) is 0 Å². The zero-order valence-corrected chi connectivity index (χ0v) is 13.1. The molecule has 0 saturated heterocycles. The lowest BCUT2D eigenvalue weighted by Gasteiger charge is -2.07. The average Bonchev–Trinajstić information content (AvgIpc) is 2.88. The maximum atomic E-state index is 13.3. The molecule has 3 aromatic rings. The average molecular weight is 350 g/mol. The van der Waals surface area contributed by atoms with Crippen LogP contribution in [-0.4, -0.2) is 14.6 Å². The standard InChI is InChI=1S/C15H13BrFN3O/c1-9(2)12-8-13-15(18-5-6-20(13)19-12)21-14-7-10(17)3-4-11(14)16/h3-9H,1-2H3. The number of halogens is 2. The molecule has 4 nitrogen and oxygen atoms in total. The highest BCUT2D eigenvalue weighted by Crippen LogP contribution is 2.31. The first-order valence-electron chi connectivity index (χ1n) is 6.52. The molecular weight excluding hydrogens is 337 g/mol. The van der Waals surface area contributed by atoms with Crippen LogP contribution in [0.25, 0.3) is 5.52 Å². The van der Waals surface area contributed by atoms with E-state index in [1.807, 2.05) is 6.07 Å². The Labute approximate surface area is 129 Å². The van der Waals surface area contributed by atoms with Crippen molar-refractivity contribution in [1.82, 2.24) is 14.6 Å². The highest BCUT2D eigenvalue weighted by Gasteiger charge is 2.13. The van der Waals surface area contributed by atoms with E-state index in [0.29, 0.717) is 22.0 Å². The van der Waals surface area contributed by atoms with Gasteiger partial charge in [-0.25, -0.2) is 13.9 Å². The molecule has 6 heteroatoms. The van der Waals surface area contributed by atoms with Crippen molar-refractivity contribution in [2.45, 2.75) is 19.8 Å². The van der Waals surface area contributed by atoms with E-state index >= 15 is 0 Å². The Balaban J connectivity index is 2.06. The summed E-state index contributed by atoms with van der Waals surface area (Å²) in [5.74, 6) is 0.710. The number of fused-ring (bicyclic) bond motifs is 1. The number of benzene rings is 1. The van der Waals surface area contributed by atoms with Crippen molar-refractivity contribution in [3.63, 3.8) is 0 Å². The predicted octanol–water partition coefficient (Wildman–Crippen LogP) is 4.55. The van der Waals surface area contributed by atoms with Crippen LogP contribution in [0.2, 0.25) is 0 Å². The summed E-state index contributed by atoms with van der Waals surface area (Å²) in [5, 5.41) is 4.47. The lowest BCUT2D eigenvalue weighted by Crippen LogP contribution is -1.95. The predicted molar refractivity (Wildman–Crippen MR) is 81.3 cm³/mol. The van der Waals surface area contributed by atoms with Crippen molar-refractivity contribution < 1.29 is 9.13 Å². The number of nitrogens with zero attached hydrogens (tertiary/aromatic N) is 3. The molecule has 0 amide bonds. The van der Waals surface area contributed by atoms with E-state index in [2.05, 4.69) is 39.9 Å². The summed E-state index contributed by atoms with van der Waals surface area (Å²) in [4.78, 5) is 4.22. The molecule has 0 aliphatic carbocycles. The smallest absolute Gasteiger partial charge is 0.245 e. The van der Waals surface area contributed by atoms with Crippen LogP contribution in [0.15, 0.2) is 41.1 Å². The Bertz CT molecular complexity index is 801. The molecule has 0 fully saturated rings. The van der Waals surface area contributed by atoms with Crippen LogP contribution in [0, 0.1) is 5.82 Å². The van der Waals surface area contributed by atoms with E-state index < -0.39 is 0 Å². The SMILES string of the molecule is CC(C)c1cc2c(Oc3cc(F)ccc3Br)nccn2n1. The van der Waals surface area contributed by atoms with E-state index in [0.717, 1.165) is 11.2 Å². The summed E-state index contributed by atoms with van der Waals surface area (Å²) in [6.07, 6.45) is 3.36. The summed E-state index contributed by atoms with van der Waals surface area (Å²) >= 11 is 3.34. The third-order valence-corrected chi connectivity index (χ3v) is 3.72. The Kier molecular flexibility index (Phi) is 3.63. The zero-order chi connectivity index (χ0) is 15.0. The molecule has 108 valence electrons. The fourth-order valence-corrected chi connectivity index (χ4v) is 2.26. The van der Waals surface area contributed by atoms with Gasteiger partial charge in [0.2, 0.25) is 5.88 Å². The van der Waals surface area contributed by atoms with Gasteiger partial charge in [0.15, 0.2) is 0 Å². The zero-order valence-electron chi connectivity index (χ0n) is 11.5. The molecule has 2 heterocycles. The normalized spacial score (nSPS) is 11.3. The topological polar surface area (TPSA) is 39.4 Å². The van der Waals surface area contributed by atoms with Crippen molar-refractivity contribution >= 4 is 21.4 Å². The third-order valence-electron chi connectivity index (χ3n) is 3.06. The number of hydrogen-bond acceptors (Lipinski definition) is 3. The fourth-order valence-electron chi connectivity index (χ4n) is 1.94. The summed E-state index contributed by atoms with van der Waals surface area (Å²) < 4.78 is 21.4. The molecule has 0 bridgehead atoms. The third kappa shape index (κ3) is 2.76. The van der Waals surface area contributed by atoms with Gasteiger partial charge in [0, 0.05) is 18.5 Å². The first-order chi connectivity index (χ1) is 10.0. The van der Waals surface area contributed by atoms with Crippen LogP contribution < -0.4 is 4.74 Å². The molecule has 0 atom stereocenters. The molecule has 0 N–H and O–H groups in total. The van der Waals surface area contributed by atoms with E-state index in [4.69, 9.17) is 4.74 Å². The minimum atomic E-state index is -0.364. The minimum Gasteiger partial charge on any atom is -0.436 e. The molecule has 3 rings (SSSR count). The molecular formula is C15H13BrFN3O. The molecule has 0 radical (unpaired) electrons. The van der Waals surface area contributed by atoms with Crippen LogP contribution in [0.3, 0.4) is 0 Å². The van der Waals surface area contributed by atoms with Gasteiger partial charge < -0.3 is 4.74 Å².